The molecule has 0 amide bonds. The van der Waals surface area contributed by atoms with Crippen LogP contribution in [0.2, 0.25) is 0 Å². The van der Waals surface area contributed by atoms with Gasteiger partial charge >= 0.3 is 0 Å². The molecule has 5 rings (SSSR count). The summed E-state index contributed by atoms with van der Waals surface area (Å²) in [7, 11) is 0. The fraction of sp³-hybridized carbons (Fsp3) is 0.206. The monoisotopic (exact) mass is 609 g/mol. The maximum absolute atomic E-state index is 13.4. The van der Waals surface area contributed by atoms with E-state index in [2.05, 4.69) is 58.8 Å². The predicted octanol–water partition coefficient (Wildman–Crippen LogP) is 7.85. The van der Waals surface area contributed by atoms with Gasteiger partial charge in [0.25, 0.3) is 5.56 Å². The standard InChI is InChI=1S/C34H32BrN3O3/c1-4-10-25-18-23(21-36-38-32(11-5-2)37-30-17-16-27(35)20-29(30)34(38)39)19-31(40-6-3)33(25)41-22-26-14-9-13-24-12-7-8-15-28(24)26/h4,7-9,12-21H,1,5-6,10-11,22H2,2-3H3. The minimum Gasteiger partial charge on any atom is -0.490 e. The van der Waals surface area contributed by atoms with Crippen molar-refractivity contribution < 1.29 is 9.47 Å². The Morgan fingerprint density at radius 2 is 1.80 bits per heavy atom. The van der Waals surface area contributed by atoms with Crippen LogP contribution in [0.15, 0.2) is 99.8 Å². The van der Waals surface area contributed by atoms with Crippen LogP contribution in [0, 0.1) is 0 Å². The van der Waals surface area contributed by atoms with Crippen molar-refractivity contribution in [2.75, 3.05) is 6.61 Å². The molecule has 0 saturated heterocycles. The Balaban J connectivity index is 1.53. The van der Waals surface area contributed by atoms with E-state index < -0.39 is 0 Å². The first-order chi connectivity index (χ1) is 20.0. The lowest BCUT2D eigenvalue weighted by atomic mass is 10.0. The number of aryl methyl sites for hydroxylation is 1. The third kappa shape index (κ3) is 6.25. The second kappa shape index (κ2) is 13.0. The van der Waals surface area contributed by atoms with Gasteiger partial charge in [-0.25, -0.2) is 4.98 Å². The van der Waals surface area contributed by atoms with Gasteiger partial charge in [-0.3, -0.25) is 4.79 Å². The van der Waals surface area contributed by atoms with Crippen LogP contribution in [0.4, 0.5) is 0 Å². The first-order valence-corrected chi connectivity index (χ1v) is 14.6. The molecule has 0 radical (unpaired) electrons. The summed E-state index contributed by atoms with van der Waals surface area (Å²) in [6, 6.07) is 23.9. The van der Waals surface area contributed by atoms with Crippen LogP contribution in [0.3, 0.4) is 0 Å². The highest BCUT2D eigenvalue weighted by Gasteiger charge is 2.15. The van der Waals surface area contributed by atoms with E-state index in [1.807, 2.05) is 55.5 Å². The van der Waals surface area contributed by atoms with Crippen LogP contribution in [0.5, 0.6) is 11.5 Å². The van der Waals surface area contributed by atoms with Gasteiger partial charge in [-0.1, -0.05) is 71.4 Å². The van der Waals surface area contributed by atoms with Crippen LogP contribution in [0.1, 0.15) is 42.8 Å². The van der Waals surface area contributed by atoms with E-state index >= 15 is 0 Å². The molecule has 0 fully saturated rings. The number of ether oxygens (including phenoxy) is 2. The van der Waals surface area contributed by atoms with E-state index in [1.165, 1.54) is 10.1 Å². The third-order valence-electron chi connectivity index (χ3n) is 6.74. The van der Waals surface area contributed by atoms with Crippen molar-refractivity contribution in [1.82, 2.24) is 9.66 Å². The van der Waals surface area contributed by atoms with Gasteiger partial charge in [-0.2, -0.15) is 9.78 Å². The molecule has 208 valence electrons. The van der Waals surface area contributed by atoms with Gasteiger partial charge in [0, 0.05) is 16.5 Å². The average molecular weight is 611 g/mol. The van der Waals surface area contributed by atoms with Crippen LogP contribution < -0.4 is 15.0 Å². The number of nitrogens with zero attached hydrogens (tertiary/aromatic N) is 3. The quantitative estimate of drug-likeness (QED) is 0.113. The van der Waals surface area contributed by atoms with Gasteiger partial charge in [-0.05, 0) is 72.0 Å². The molecule has 0 atom stereocenters. The zero-order chi connectivity index (χ0) is 28.8. The number of allylic oxidation sites excluding steroid dienone is 1. The summed E-state index contributed by atoms with van der Waals surface area (Å²) in [6.45, 7) is 8.81. The molecular weight excluding hydrogens is 578 g/mol. The molecule has 1 aromatic heterocycles. The van der Waals surface area contributed by atoms with E-state index in [9.17, 15) is 4.79 Å². The minimum atomic E-state index is -0.206. The fourth-order valence-corrected chi connectivity index (χ4v) is 5.24. The highest BCUT2D eigenvalue weighted by atomic mass is 79.9. The van der Waals surface area contributed by atoms with Crippen LogP contribution in [0.25, 0.3) is 21.7 Å². The molecule has 1 heterocycles. The Morgan fingerprint density at radius 1 is 0.976 bits per heavy atom. The Hall–Kier alpha value is -4.23. The lowest BCUT2D eigenvalue weighted by molar-refractivity contribution is 0.268. The molecular formula is C34H32BrN3O3. The van der Waals surface area contributed by atoms with Gasteiger partial charge in [0.2, 0.25) is 0 Å². The number of fused-ring (bicyclic) bond motifs is 2. The van der Waals surface area contributed by atoms with Crippen molar-refractivity contribution in [2.24, 2.45) is 5.10 Å². The van der Waals surface area contributed by atoms with E-state index in [0.717, 1.165) is 33.0 Å². The summed E-state index contributed by atoms with van der Waals surface area (Å²) >= 11 is 3.46. The van der Waals surface area contributed by atoms with E-state index in [-0.39, 0.29) is 5.56 Å². The lowest BCUT2D eigenvalue weighted by Crippen LogP contribution is -2.22. The highest BCUT2D eigenvalue weighted by Crippen LogP contribution is 2.35. The van der Waals surface area contributed by atoms with Crippen molar-refractivity contribution in [3.05, 3.63) is 123 Å². The average Bonchev–Trinajstić information content (AvgIpc) is 2.97. The number of benzene rings is 4. The second-order valence-corrected chi connectivity index (χ2v) is 10.6. The van der Waals surface area contributed by atoms with Gasteiger partial charge in [-0.15, -0.1) is 6.58 Å². The van der Waals surface area contributed by atoms with Crippen molar-refractivity contribution in [3.8, 4) is 11.5 Å². The Bertz CT molecular complexity index is 1800. The summed E-state index contributed by atoms with van der Waals surface area (Å²) in [5.74, 6) is 1.92. The maximum atomic E-state index is 13.4. The largest absolute Gasteiger partial charge is 0.490 e. The fourth-order valence-electron chi connectivity index (χ4n) is 4.88. The first kappa shape index (κ1) is 28.3. The Labute approximate surface area is 248 Å². The molecule has 4 aromatic carbocycles. The van der Waals surface area contributed by atoms with Gasteiger partial charge in [0.1, 0.15) is 12.4 Å². The predicted molar refractivity (Wildman–Crippen MR) is 170 cm³/mol. The molecule has 0 bridgehead atoms. The van der Waals surface area contributed by atoms with E-state index in [0.29, 0.717) is 54.3 Å². The molecule has 0 N–H and O–H groups in total. The normalized spacial score (nSPS) is 11.4. The Kier molecular flexibility index (Phi) is 8.95. The van der Waals surface area contributed by atoms with Gasteiger partial charge in [0.15, 0.2) is 11.5 Å². The summed E-state index contributed by atoms with van der Waals surface area (Å²) in [5.41, 5.74) is 3.26. The number of halogens is 1. The van der Waals surface area contributed by atoms with Crippen LogP contribution >= 0.6 is 15.9 Å². The van der Waals surface area contributed by atoms with E-state index in [1.54, 1.807) is 12.3 Å². The lowest BCUT2D eigenvalue weighted by Gasteiger charge is -2.17. The topological polar surface area (TPSA) is 65.7 Å². The molecule has 0 aliphatic carbocycles. The number of rotatable bonds is 11. The van der Waals surface area contributed by atoms with Crippen molar-refractivity contribution in [2.45, 2.75) is 39.7 Å². The van der Waals surface area contributed by atoms with Gasteiger partial charge < -0.3 is 9.47 Å². The number of hydrogen-bond donors (Lipinski definition) is 0. The first-order valence-electron chi connectivity index (χ1n) is 13.8. The zero-order valence-electron chi connectivity index (χ0n) is 23.3. The molecule has 0 aliphatic heterocycles. The molecule has 41 heavy (non-hydrogen) atoms. The van der Waals surface area contributed by atoms with Crippen molar-refractivity contribution >= 4 is 43.8 Å². The Morgan fingerprint density at radius 3 is 2.61 bits per heavy atom. The molecule has 7 heteroatoms. The van der Waals surface area contributed by atoms with Crippen LogP contribution in [-0.2, 0) is 19.4 Å². The molecule has 0 aliphatic rings. The number of aromatic nitrogens is 2. The number of hydrogen-bond acceptors (Lipinski definition) is 5. The van der Waals surface area contributed by atoms with E-state index in [4.69, 9.17) is 14.5 Å². The summed E-state index contributed by atoms with van der Waals surface area (Å²) in [5, 5.41) is 7.45. The molecule has 5 aromatic rings. The van der Waals surface area contributed by atoms with Gasteiger partial charge in [0.05, 0.1) is 23.7 Å². The molecule has 0 spiro atoms. The summed E-state index contributed by atoms with van der Waals surface area (Å²) in [4.78, 5) is 18.2. The SMILES string of the molecule is C=CCc1cc(C=Nn2c(CCC)nc3ccc(Br)cc3c2=O)cc(OCC)c1OCc1cccc2ccccc12. The molecule has 0 unspecified atom stereocenters. The summed E-state index contributed by atoms with van der Waals surface area (Å²) in [6.07, 6.45) is 5.57. The third-order valence-corrected chi connectivity index (χ3v) is 7.23. The second-order valence-electron chi connectivity index (χ2n) is 9.66. The van der Waals surface area contributed by atoms with Crippen molar-refractivity contribution in [3.63, 3.8) is 0 Å². The maximum Gasteiger partial charge on any atom is 0.282 e. The highest BCUT2D eigenvalue weighted by molar-refractivity contribution is 9.10. The molecule has 0 saturated carbocycles. The molecule has 6 nitrogen and oxygen atoms in total. The minimum absolute atomic E-state index is 0.206. The smallest absolute Gasteiger partial charge is 0.282 e. The van der Waals surface area contributed by atoms with Crippen LogP contribution in [-0.4, -0.2) is 22.5 Å². The summed E-state index contributed by atoms with van der Waals surface area (Å²) < 4.78 is 14.7. The van der Waals surface area contributed by atoms with Crippen molar-refractivity contribution in [1.29, 1.82) is 0 Å². The zero-order valence-corrected chi connectivity index (χ0v) is 24.9.